The minimum absolute atomic E-state index is 0.305. The molecule has 0 bridgehead atoms. The molecule has 104 valence electrons. The van der Waals surface area contributed by atoms with Crippen molar-refractivity contribution in [2.45, 2.75) is 0 Å². The number of rotatable bonds is 4. The van der Waals surface area contributed by atoms with E-state index in [-0.39, 0.29) is 12.5 Å². The predicted molar refractivity (Wildman–Crippen MR) is 90.1 cm³/mol. The molecule has 4 nitrogen and oxygen atoms in total. The molecule has 0 saturated carbocycles. The van der Waals surface area contributed by atoms with Crippen LogP contribution in [0.3, 0.4) is 0 Å². The van der Waals surface area contributed by atoms with Gasteiger partial charge in [0, 0.05) is 9.26 Å². The third-order valence-electron chi connectivity index (χ3n) is 2.24. The molecule has 0 unspecified atom stereocenters. The van der Waals surface area contributed by atoms with Crippen LogP contribution >= 0.6 is 49.9 Å². The van der Waals surface area contributed by atoms with Crippen LogP contribution in [0.4, 0.5) is 5.69 Å². The number of carbonyl (C=O) groups excluding carboxylic acids is 2. The second-order valence-electron chi connectivity index (χ2n) is 3.73. The summed E-state index contributed by atoms with van der Waals surface area (Å²) >= 11 is 6.70. The zero-order chi connectivity index (χ0) is 14.5. The zero-order valence-electron chi connectivity index (χ0n) is 10.1. The molecule has 0 fully saturated rings. The summed E-state index contributed by atoms with van der Waals surface area (Å²) < 4.78 is 6.86. The fourth-order valence-corrected chi connectivity index (χ4v) is 3.00. The smallest absolute Gasteiger partial charge is 0.348 e. The summed E-state index contributed by atoms with van der Waals surface area (Å²) in [6.45, 7) is -0.305. The highest BCUT2D eigenvalue weighted by molar-refractivity contribution is 14.1. The Morgan fingerprint density at radius 3 is 2.50 bits per heavy atom. The first-order valence-corrected chi connectivity index (χ1v) is 8.21. The minimum atomic E-state index is -0.501. The number of carbonyl (C=O) groups is 2. The molecule has 0 saturated heterocycles. The van der Waals surface area contributed by atoms with Crippen molar-refractivity contribution in [3.05, 3.63) is 48.6 Å². The molecule has 0 radical (unpaired) electrons. The Morgan fingerprint density at radius 1 is 1.20 bits per heavy atom. The zero-order valence-corrected chi connectivity index (χ0v) is 14.6. The van der Waals surface area contributed by atoms with Crippen LogP contribution in [0.15, 0.2) is 40.2 Å². The highest BCUT2D eigenvalue weighted by Gasteiger charge is 2.12. The molecule has 2 aromatic rings. The van der Waals surface area contributed by atoms with Crippen molar-refractivity contribution in [2.75, 3.05) is 11.9 Å². The first-order chi connectivity index (χ1) is 9.54. The van der Waals surface area contributed by atoms with Gasteiger partial charge in [0.1, 0.15) is 4.88 Å². The van der Waals surface area contributed by atoms with Crippen molar-refractivity contribution < 1.29 is 14.3 Å². The summed E-state index contributed by atoms with van der Waals surface area (Å²) in [5.41, 5.74) is 0.672. The Hall–Kier alpha value is -0.930. The van der Waals surface area contributed by atoms with Crippen LogP contribution in [0.2, 0.25) is 0 Å². The molecular formula is C13H9BrINO3S. The lowest BCUT2D eigenvalue weighted by Crippen LogP contribution is -2.20. The SMILES string of the molecule is O=C(COC(=O)c1ccc(Br)s1)Nc1ccc(I)cc1. The lowest BCUT2D eigenvalue weighted by molar-refractivity contribution is -0.119. The van der Waals surface area contributed by atoms with Gasteiger partial charge in [-0.15, -0.1) is 11.3 Å². The lowest BCUT2D eigenvalue weighted by atomic mass is 10.3. The van der Waals surface area contributed by atoms with Crippen molar-refractivity contribution >= 4 is 67.4 Å². The summed E-state index contributed by atoms with van der Waals surface area (Å²) in [7, 11) is 0. The van der Waals surface area contributed by atoms with Gasteiger partial charge in [-0.3, -0.25) is 4.79 Å². The largest absolute Gasteiger partial charge is 0.451 e. The van der Waals surface area contributed by atoms with Crippen LogP contribution < -0.4 is 5.32 Å². The second-order valence-corrected chi connectivity index (χ2v) is 7.44. The van der Waals surface area contributed by atoms with Crippen LogP contribution in [0.25, 0.3) is 0 Å². The Kier molecular flexibility index (Phi) is 5.55. The molecule has 0 aliphatic carbocycles. The maximum Gasteiger partial charge on any atom is 0.348 e. The number of anilines is 1. The molecule has 2 rings (SSSR count). The van der Waals surface area contributed by atoms with E-state index >= 15 is 0 Å². The van der Waals surface area contributed by atoms with E-state index in [1.54, 1.807) is 24.3 Å². The molecule has 1 amide bonds. The average molecular weight is 466 g/mol. The predicted octanol–water partition coefficient (Wildman–Crippen LogP) is 3.91. The van der Waals surface area contributed by atoms with E-state index in [0.717, 1.165) is 7.36 Å². The summed E-state index contributed by atoms with van der Waals surface area (Å²) in [4.78, 5) is 23.7. The van der Waals surface area contributed by atoms with Gasteiger partial charge in [-0.25, -0.2) is 4.79 Å². The second kappa shape index (κ2) is 7.19. The Labute approximate surface area is 141 Å². The molecule has 0 atom stereocenters. The number of amides is 1. The number of hydrogen-bond acceptors (Lipinski definition) is 4. The normalized spacial score (nSPS) is 10.1. The van der Waals surface area contributed by atoms with E-state index in [9.17, 15) is 9.59 Å². The minimum Gasteiger partial charge on any atom is -0.451 e. The molecule has 7 heteroatoms. The van der Waals surface area contributed by atoms with Crippen molar-refractivity contribution in [1.29, 1.82) is 0 Å². The van der Waals surface area contributed by atoms with Crippen molar-refractivity contribution in [1.82, 2.24) is 0 Å². The van der Waals surface area contributed by atoms with E-state index < -0.39 is 5.97 Å². The third kappa shape index (κ3) is 4.57. The van der Waals surface area contributed by atoms with Crippen molar-refractivity contribution in [3.63, 3.8) is 0 Å². The molecule has 1 heterocycles. The number of hydrogen-bond donors (Lipinski definition) is 1. The van der Waals surface area contributed by atoms with Gasteiger partial charge < -0.3 is 10.1 Å². The number of halogens is 2. The average Bonchev–Trinajstić information content (AvgIpc) is 2.85. The summed E-state index contributed by atoms with van der Waals surface area (Å²) in [6, 6.07) is 10.7. The van der Waals surface area contributed by atoms with Gasteiger partial charge in [-0.05, 0) is 74.9 Å². The van der Waals surface area contributed by atoms with E-state index in [2.05, 4.69) is 43.8 Å². The highest BCUT2D eigenvalue weighted by Crippen LogP contribution is 2.22. The van der Waals surface area contributed by atoms with E-state index in [4.69, 9.17) is 4.74 Å². The maximum atomic E-state index is 11.6. The summed E-state index contributed by atoms with van der Waals surface area (Å²) in [5.74, 6) is -0.867. The maximum absolute atomic E-state index is 11.6. The number of thiophene rings is 1. The van der Waals surface area contributed by atoms with Crippen LogP contribution in [-0.4, -0.2) is 18.5 Å². The van der Waals surface area contributed by atoms with E-state index in [0.29, 0.717) is 10.6 Å². The Bertz CT molecular complexity index is 627. The molecule has 1 aromatic heterocycles. The number of ether oxygens (including phenoxy) is 1. The topological polar surface area (TPSA) is 55.4 Å². The van der Waals surface area contributed by atoms with Gasteiger partial charge in [-0.2, -0.15) is 0 Å². The van der Waals surface area contributed by atoms with Gasteiger partial charge in [0.05, 0.1) is 3.79 Å². The van der Waals surface area contributed by atoms with Crippen LogP contribution in [-0.2, 0) is 9.53 Å². The lowest BCUT2D eigenvalue weighted by Gasteiger charge is -2.05. The standard InChI is InChI=1S/C13H9BrINO3S/c14-11-6-5-10(20-11)13(18)19-7-12(17)16-9-3-1-8(15)2-4-9/h1-6H,7H2,(H,16,17). The fourth-order valence-electron chi connectivity index (χ4n) is 1.36. The molecule has 0 aliphatic heterocycles. The third-order valence-corrected chi connectivity index (χ3v) is 4.56. The first-order valence-electron chi connectivity index (χ1n) is 5.52. The number of nitrogens with one attached hydrogen (secondary N) is 1. The van der Waals surface area contributed by atoms with Gasteiger partial charge >= 0.3 is 5.97 Å². The Balaban J connectivity index is 1.83. The van der Waals surface area contributed by atoms with Gasteiger partial charge in [0.15, 0.2) is 6.61 Å². The van der Waals surface area contributed by atoms with Crippen molar-refractivity contribution in [3.8, 4) is 0 Å². The molecule has 1 N–H and O–H groups in total. The molecular weight excluding hydrogens is 457 g/mol. The fraction of sp³-hybridized carbons (Fsp3) is 0.0769. The highest BCUT2D eigenvalue weighted by atomic mass is 127. The van der Waals surface area contributed by atoms with Gasteiger partial charge in [-0.1, -0.05) is 0 Å². The van der Waals surface area contributed by atoms with E-state index in [1.165, 1.54) is 11.3 Å². The number of benzene rings is 1. The van der Waals surface area contributed by atoms with Gasteiger partial charge in [0.25, 0.3) is 5.91 Å². The molecule has 0 aliphatic rings. The first kappa shape index (κ1) is 15.5. The summed E-state index contributed by atoms with van der Waals surface area (Å²) in [6.07, 6.45) is 0. The van der Waals surface area contributed by atoms with Crippen molar-refractivity contribution in [2.24, 2.45) is 0 Å². The molecule has 1 aromatic carbocycles. The molecule has 20 heavy (non-hydrogen) atoms. The molecule has 0 spiro atoms. The van der Waals surface area contributed by atoms with Crippen LogP contribution in [0.1, 0.15) is 9.67 Å². The number of esters is 1. The van der Waals surface area contributed by atoms with Crippen LogP contribution in [0.5, 0.6) is 0 Å². The van der Waals surface area contributed by atoms with Crippen LogP contribution in [0, 0.1) is 3.57 Å². The monoisotopic (exact) mass is 465 g/mol. The van der Waals surface area contributed by atoms with E-state index in [1.807, 2.05) is 12.1 Å². The summed E-state index contributed by atoms with van der Waals surface area (Å²) in [5, 5.41) is 2.66. The quantitative estimate of drug-likeness (QED) is 0.550. The van der Waals surface area contributed by atoms with Gasteiger partial charge in [0.2, 0.25) is 0 Å². The Morgan fingerprint density at radius 2 is 1.90 bits per heavy atom.